The number of aromatic nitrogens is 3. The molecule has 0 saturated carbocycles. The largest absolute Gasteiger partial charge is 0.497 e. The zero-order chi connectivity index (χ0) is 22.9. The fourth-order valence-electron chi connectivity index (χ4n) is 4.61. The van der Waals surface area contributed by atoms with Crippen LogP contribution < -0.4 is 4.74 Å². The van der Waals surface area contributed by atoms with E-state index in [-0.39, 0.29) is 11.8 Å². The summed E-state index contributed by atoms with van der Waals surface area (Å²) in [4.78, 5) is 24.6. The van der Waals surface area contributed by atoms with Crippen LogP contribution in [0.4, 0.5) is 0 Å². The third-order valence-corrected chi connectivity index (χ3v) is 6.36. The molecule has 1 amide bonds. The van der Waals surface area contributed by atoms with Gasteiger partial charge in [-0.15, -0.1) is 0 Å². The van der Waals surface area contributed by atoms with E-state index in [2.05, 4.69) is 29.2 Å². The van der Waals surface area contributed by atoms with Crippen LogP contribution in [0.5, 0.6) is 5.75 Å². The third-order valence-electron chi connectivity index (χ3n) is 6.36. The Labute approximate surface area is 193 Å². The van der Waals surface area contributed by atoms with Gasteiger partial charge >= 0.3 is 0 Å². The molecule has 0 aliphatic carbocycles. The van der Waals surface area contributed by atoms with Crippen LogP contribution >= 0.6 is 0 Å². The van der Waals surface area contributed by atoms with E-state index >= 15 is 0 Å². The lowest BCUT2D eigenvalue weighted by Gasteiger charge is -2.32. The number of carbonyl (C=O) groups excluding carboxylic acids is 1. The molecule has 3 aromatic heterocycles. The molecular weight excluding hydrogens is 412 g/mol. The molecule has 4 aromatic rings. The van der Waals surface area contributed by atoms with Crippen molar-refractivity contribution in [3.8, 4) is 16.9 Å². The van der Waals surface area contributed by atoms with Gasteiger partial charge in [0.05, 0.1) is 7.11 Å². The molecule has 6 nitrogen and oxygen atoms in total. The topological polar surface area (TPSA) is 59.7 Å². The van der Waals surface area contributed by atoms with E-state index in [0.29, 0.717) is 12.2 Å². The smallest absolute Gasteiger partial charge is 0.274 e. The third kappa shape index (κ3) is 4.33. The molecule has 0 spiro atoms. The quantitative estimate of drug-likeness (QED) is 0.446. The van der Waals surface area contributed by atoms with Gasteiger partial charge in [-0.1, -0.05) is 12.1 Å². The van der Waals surface area contributed by atoms with Crippen LogP contribution in [-0.4, -0.2) is 45.4 Å². The number of aryl methyl sites for hydroxylation is 2. The van der Waals surface area contributed by atoms with Gasteiger partial charge in [-0.2, -0.15) is 0 Å². The fourth-order valence-corrected chi connectivity index (χ4v) is 4.61. The molecule has 1 aliphatic rings. The molecule has 33 heavy (non-hydrogen) atoms. The highest BCUT2D eigenvalue weighted by atomic mass is 16.5. The van der Waals surface area contributed by atoms with E-state index in [4.69, 9.17) is 9.72 Å². The lowest BCUT2D eigenvalue weighted by Crippen LogP contribution is -2.39. The first-order chi connectivity index (χ1) is 16.0. The van der Waals surface area contributed by atoms with Crippen molar-refractivity contribution in [2.45, 2.75) is 32.6 Å². The maximum Gasteiger partial charge on any atom is 0.274 e. The fraction of sp³-hybridized carbons (Fsp3) is 0.296. The molecule has 1 aliphatic heterocycles. The Hall–Kier alpha value is -3.67. The minimum atomic E-state index is -0.0101. The normalized spacial score (nSPS) is 16.2. The average molecular weight is 441 g/mol. The number of methoxy groups -OCH3 is 1. The highest BCUT2D eigenvalue weighted by Crippen LogP contribution is 2.31. The van der Waals surface area contributed by atoms with Gasteiger partial charge < -0.3 is 14.0 Å². The molecule has 168 valence electrons. The van der Waals surface area contributed by atoms with Gasteiger partial charge in [-0.25, -0.2) is 4.98 Å². The Bertz CT molecular complexity index is 1310. The van der Waals surface area contributed by atoms with Crippen LogP contribution in [0.2, 0.25) is 0 Å². The van der Waals surface area contributed by atoms with Crippen LogP contribution in [-0.2, 0) is 0 Å². The summed E-state index contributed by atoms with van der Waals surface area (Å²) >= 11 is 0. The number of likely N-dealkylation sites (tertiary alicyclic amines) is 1. The molecule has 1 atom stereocenters. The van der Waals surface area contributed by atoms with Gasteiger partial charge in [0.25, 0.3) is 5.91 Å². The molecular formula is C27H28N4O2. The van der Waals surface area contributed by atoms with E-state index < -0.39 is 0 Å². The SMILES string of the molecule is COc1ccc(-c2cc(C)nc([C@H]3CCCN(C(=O)c4cn5ccc(C)cc5n4)C3)c2)cc1. The van der Waals surface area contributed by atoms with Crippen LogP contribution in [0.3, 0.4) is 0 Å². The van der Waals surface area contributed by atoms with E-state index in [1.807, 2.05) is 59.8 Å². The van der Waals surface area contributed by atoms with Gasteiger partial charge in [-0.05, 0) is 79.8 Å². The molecule has 0 unspecified atom stereocenters. The maximum atomic E-state index is 13.3. The van der Waals surface area contributed by atoms with Crippen molar-refractivity contribution in [1.82, 2.24) is 19.3 Å². The summed E-state index contributed by atoms with van der Waals surface area (Å²) in [6.07, 6.45) is 5.75. The molecule has 0 N–H and O–H groups in total. The number of carbonyl (C=O) groups is 1. The summed E-state index contributed by atoms with van der Waals surface area (Å²) in [5, 5.41) is 0. The maximum absolute atomic E-state index is 13.3. The predicted molar refractivity (Wildman–Crippen MR) is 129 cm³/mol. The van der Waals surface area contributed by atoms with Gasteiger partial charge in [0, 0.05) is 42.8 Å². The Kier molecular flexibility index (Phi) is 5.58. The van der Waals surface area contributed by atoms with Crippen molar-refractivity contribution in [2.24, 2.45) is 0 Å². The minimum absolute atomic E-state index is 0.0101. The molecule has 1 aromatic carbocycles. The predicted octanol–water partition coefficient (Wildman–Crippen LogP) is 5.04. The summed E-state index contributed by atoms with van der Waals surface area (Å²) in [6.45, 7) is 5.46. The van der Waals surface area contributed by atoms with Crippen molar-refractivity contribution >= 4 is 11.6 Å². The number of rotatable bonds is 4. The monoisotopic (exact) mass is 440 g/mol. The number of imidazole rings is 1. The van der Waals surface area contributed by atoms with Gasteiger partial charge in [0.15, 0.2) is 0 Å². The Morgan fingerprint density at radius 2 is 1.85 bits per heavy atom. The van der Waals surface area contributed by atoms with Crippen molar-refractivity contribution in [3.63, 3.8) is 0 Å². The summed E-state index contributed by atoms with van der Waals surface area (Å²) in [7, 11) is 1.67. The highest BCUT2D eigenvalue weighted by Gasteiger charge is 2.28. The number of hydrogen-bond donors (Lipinski definition) is 0. The number of pyridine rings is 2. The number of amides is 1. The molecule has 4 heterocycles. The molecule has 0 bridgehead atoms. The number of fused-ring (bicyclic) bond motifs is 1. The summed E-state index contributed by atoms with van der Waals surface area (Å²) < 4.78 is 7.19. The summed E-state index contributed by atoms with van der Waals surface area (Å²) in [6, 6.07) is 16.4. The minimum Gasteiger partial charge on any atom is -0.497 e. The van der Waals surface area contributed by atoms with Crippen LogP contribution in [0.25, 0.3) is 16.8 Å². The second-order valence-electron chi connectivity index (χ2n) is 8.84. The molecule has 1 fully saturated rings. The number of nitrogens with zero attached hydrogens (tertiary/aromatic N) is 4. The lowest BCUT2D eigenvalue weighted by atomic mass is 9.92. The number of piperidine rings is 1. The highest BCUT2D eigenvalue weighted by molar-refractivity contribution is 5.93. The van der Waals surface area contributed by atoms with Crippen molar-refractivity contribution in [1.29, 1.82) is 0 Å². The van der Waals surface area contributed by atoms with E-state index in [1.165, 1.54) is 0 Å². The second-order valence-corrected chi connectivity index (χ2v) is 8.84. The summed E-state index contributed by atoms with van der Waals surface area (Å²) in [5.74, 6) is 1.04. The number of benzene rings is 1. The lowest BCUT2D eigenvalue weighted by molar-refractivity contribution is 0.0700. The first kappa shape index (κ1) is 21.2. The van der Waals surface area contributed by atoms with E-state index in [1.54, 1.807) is 7.11 Å². The molecule has 0 radical (unpaired) electrons. The van der Waals surface area contributed by atoms with Crippen molar-refractivity contribution in [2.75, 3.05) is 20.2 Å². The standard InChI is InChI=1S/C27H28N4O2/c1-18-10-12-30-17-25(29-26(30)13-18)27(32)31-11-4-5-21(16-31)24-15-22(14-19(2)28-24)20-6-8-23(33-3)9-7-20/h6-10,12-15,17,21H,4-5,11,16H2,1-3H3/t21-/m0/s1. The Morgan fingerprint density at radius 3 is 2.64 bits per heavy atom. The average Bonchev–Trinajstić information content (AvgIpc) is 3.26. The zero-order valence-corrected chi connectivity index (χ0v) is 19.3. The first-order valence-corrected chi connectivity index (χ1v) is 11.4. The first-order valence-electron chi connectivity index (χ1n) is 11.4. The Morgan fingerprint density at radius 1 is 1.03 bits per heavy atom. The van der Waals surface area contributed by atoms with E-state index in [9.17, 15) is 4.79 Å². The van der Waals surface area contributed by atoms with Crippen LogP contribution in [0.1, 0.15) is 46.2 Å². The van der Waals surface area contributed by atoms with E-state index in [0.717, 1.165) is 58.9 Å². The van der Waals surface area contributed by atoms with Crippen LogP contribution in [0, 0.1) is 13.8 Å². The summed E-state index contributed by atoms with van der Waals surface area (Å²) in [5.41, 5.74) is 6.73. The van der Waals surface area contributed by atoms with Gasteiger partial charge in [0.2, 0.25) is 0 Å². The van der Waals surface area contributed by atoms with Crippen molar-refractivity contribution < 1.29 is 9.53 Å². The second kappa shape index (κ2) is 8.70. The number of hydrogen-bond acceptors (Lipinski definition) is 4. The zero-order valence-electron chi connectivity index (χ0n) is 19.3. The van der Waals surface area contributed by atoms with Crippen molar-refractivity contribution in [3.05, 3.63) is 83.6 Å². The molecule has 6 heteroatoms. The van der Waals surface area contributed by atoms with Gasteiger partial charge in [0.1, 0.15) is 17.1 Å². The van der Waals surface area contributed by atoms with Gasteiger partial charge in [-0.3, -0.25) is 9.78 Å². The molecule has 1 saturated heterocycles. The number of ether oxygens (including phenoxy) is 1. The molecule has 5 rings (SSSR count). The Balaban J connectivity index is 1.38. The van der Waals surface area contributed by atoms with Crippen LogP contribution in [0.15, 0.2) is 60.9 Å².